The van der Waals surface area contributed by atoms with Crippen LogP contribution in [0.25, 0.3) is 0 Å². The van der Waals surface area contributed by atoms with Crippen molar-refractivity contribution in [3.8, 4) is 0 Å². The van der Waals surface area contributed by atoms with Crippen molar-refractivity contribution in [2.75, 3.05) is 12.3 Å². The van der Waals surface area contributed by atoms with Gasteiger partial charge in [0.25, 0.3) is 0 Å². The molecule has 0 N–H and O–H groups in total. The van der Waals surface area contributed by atoms with Crippen LogP contribution in [-0.4, -0.2) is 44.8 Å². The van der Waals surface area contributed by atoms with Crippen LogP contribution >= 0.6 is 34.7 Å². The van der Waals surface area contributed by atoms with E-state index in [2.05, 4.69) is 13.5 Å². The third-order valence-corrected chi connectivity index (χ3v) is 7.09. The Hall–Kier alpha value is -0.980. The number of hydrogen-bond donors (Lipinski definition) is 0. The van der Waals surface area contributed by atoms with E-state index in [4.69, 9.17) is 11.6 Å². The van der Waals surface area contributed by atoms with Gasteiger partial charge in [-0.25, -0.2) is 0 Å². The largest absolute Gasteiger partial charge is 0.332 e. The first-order valence-corrected chi connectivity index (χ1v) is 9.72. The summed E-state index contributed by atoms with van der Waals surface area (Å²) in [5.74, 6) is 0.759. The lowest BCUT2D eigenvalue weighted by Gasteiger charge is -2.32. The average molecular weight is 371 g/mol. The molecule has 0 radical (unpaired) electrons. The molecule has 3 heterocycles. The molecule has 2 aliphatic heterocycles. The number of nitrogens with zero attached hydrogens (tertiary/aromatic N) is 2. The molecule has 2 atom stereocenters. The first-order valence-electron chi connectivity index (χ1n) is 7.54. The summed E-state index contributed by atoms with van der Waals surface area (Å²) in [6.07, 6.45) is 3.08. The van der Waals surface area contributed by atoms with Crippen LogP contribution in [0.3, 0.4) is 0 Å². The predicted octanol–water partition coefficient (Wildman–Crippen LogP) is 3.37. The number of thiophene rings is 1. The van der Waals surface area contributed by atoms with Crippen LogP contribution < -0.4 is 0 Å². The maximum absolute atomic E-state index is 13.0. The van der Waals surface area contributed by atoms with E-state index in [1.165, 1.54) is 11.3 Å². The number of rotatable bonds is 5. The van der Waals surface area contributed by atoms with Gasteiger partial charge in [-0.15, -0.1) is 29.7 Å². The fraction of sp³-hybridized carbons (Fsp3) is 0.500. The van der Waals surface area contributed by atoms with Crippen LogP contribution in [0.15, 0.2) is 24.8 Å². The van der Waals surface area contributed by atoms with Crippen molar-refractivity contribution in [3.63, 3.8) is 0 Å². The smallest absolute Gasteiger partial charge is 0.246 e. The van der Waals surface area contributed by atoms with Crippen molar-refractivity contribution >= 4 is 46.5 Å². The Morgan fingerprint density at radius 3 is 3.04 bits per heavy atom. The minimum atomic E-state index is -0.365. The number of thioether (sulfide) groups is 1. The van der Waals surface area contributed by atoms with Crippen molar-refractivity contribution in [3.05, 3.63) is 34.0 Å². The monoisotopic (exact) mass is 370 g/mol. The zero-order chi connectivity index (χ0) is 16.6. The van der Waals surface area contributed by atoms with E-state index in [1.54, 1.807) is 27.6 Å². The van der Waals surface area contributed by atoms with Gasteiger partial charge in [0.15, 0.2) is 0 Å². The number of amides is 2. The lowest BCUT2D eigenvalue weighted by Crippen LogP contribution is -2.51. The Labute approximate surface area is 149 Å². The van der Waals surface area contributed by atoms with Crippen molar-refractivity contribution in [1.29, 1.82) is 0 Å². The van der Waals surface area contributed by atoms with Gasteiger partial charge in [0, 0.05) is 23.6 Å². The SMILES string of the molecule is C=CCN(Cc1ccc(Cl)s1)C(=O)C1CSC2(C)CCC(=O)N12. The van der Waals surface area contributed by atoms with Gasteiger partial charge in [-0.3, -0.25) is 9.59 Å². The van der Waals surface area contributed by atoms with Gasteiger partial charge in [-0.1, -0.05) is 17.7 Å². The molecule has 0 saturated carbocycles. The number of fused-ring (bicyclic) bond motifs is 1. The fourth-order valence-electron chi connectivity index (χ4n) is 3.23. The summed E-state index contributed by atoms with van der Waals surface area (Å²) in [5.41, 5.74) is 0. The molecule has 3 rings (SSSR count). The number of carbonyl (C=O) groups is 2. The second-order valence-electron chi connectivity index (χ2n) is 5.98. The molecule has 0 spiro atoms. The number of halogens is 1. The lowest BCUT2D eigenvalue weighted by atomic mass is 10.2. The molecule has 2 aliphatic rings. The molecule has 1 aromatic heterocycles. The van der Waals surface area contributed by atoms with Gasteiger partial charge >= 0.3 is 0 Å². The maximum Gasteiger partial charge on any atom is 0.246 e. The number of carbonyl (C=O) groups excluding carboxylic acids is 2. The van der Waals surface area contributed by atoms with Crippen LogP contribution in [0, 0.1) is 0 Å². The molecule has 2 unspecified atom stereocenters. The Balaban J connectivity index is 1.78. The topological polar surface area (TPSA) is 40.6 Å². The molecule has 0 bridgehead atoms. The Morgan fingerprint density at radius 1 is 1.61 bits per heavy atom. The van der Waals surface area contributed by atoms with Crippen molar-refractivity contribution in [2.45, 2.75) is 37.2 Å². The van der Waals surface area contributed by atoms with Gasteiger partial charge in [0.05, 0.1) is 15.8 Å². The predicted molar refractivity (Wildman–Crippen MR) is 95.7 cm³/mol. The van der Waals surface area contributed by atoms with Crippen molar-refractivity contribution in [2.24, 2.45) is 0 Å². The highest BCUT2D eigenvalue weighted by Crippen LogP contribution is 2.47. The average Bonchev–Trinajstić information content (AvgIpc) is 3.15. The minimum absolute atomic E-state index is 0.000831. The zero-order valence-electron chi connectivity index (χ0n) is 13.0. The van der Waals surface area contributed by atoms with E-state index in [0.29, 0.717) is 29.6 Å². The summed E-state index contributed by atoms with van der Waals surface area (Å²) in [6, 6.07) is 3.41. The van der Waals surface area contributed by atoms with Crippen LogP contribution in [-0.2, 0) is 16.1 Å². The molecular weight excluding hydrogens is 352 g/mol. The molecule has 2 amide bonds. The lowest BCUT2D eigenvalue weighted by molar-refractivity contribution is -0.143. The summed E-state index contributed by atoms with van der Waals surface area (Å²) in [4.78, 5) is 29.6. The van der Waals surface area contributed by atoms with Gasteiger partial charge in [-0.05, 0) is 25.5 Å². The molecule has 1 aromatic rings. The Kier molecular flexibility index (Phi) is 4.76. The van der Waals surface area contributed by atoms with Crippen molar-refractivity contribution < 1.29 is 9.59 Å². The van der Waals surface area contributed by atoms with E-state index in [-0.39, 0.29) is 22.7 Å². The second-order valence-corrected chi connectivity index (χ2v) is 9.28. The van der Waals surface area contributed by atoms with Gasteiger partial charge in [0.1, 0.15) is 6.04 Å². The highest BCUT2D eigenvalue weighted by molar-refractivity contribution is 8.01. The maximum atomic E-state index is 13.0. The van der Waals surface area contributed by atoms with Crippen LogP contribution in [0.4, 0.5) is 0 Å². The van der Waals surface area contributed by atoms with E-state index in [9.17, 15) is 9.59 Å². The van der Waals surface area contributed by atoms with E-state index in [0.717, 1.165) is 11.3 Å². The molecule has 23 heavy (non-hydrogen) atoms. The van der Waals surface area contributed by atoms with E-state index >= 15 is 0 Å². The van der Waals surface area contributed by atoms with Gasteiger partial charge in [0.2, 0.25) is 11.8 Å². The third kappa shape index (κ3) is 3.16. The third-order valence-electron chi connectivity index (χ3n) is 4.37. The molecule has 7 heteroatoms. The zero-order valence-corrected chi connectivity index (χ0v) is 15.3. The Bertz CT molecular complexity index is 648. The molecular formula is C16H19ClN2O2S2. The van der Waals surface area contributed by atoms with Crippen LogP contribution in [0.1, 0.15) is 24.6 Å². The Morgan fingerprint density at radius 2 is 2.39 bits per heavy atom. The van der Waals surface area contributed by atoms with Crippen LogP contribution in [0.2, 0.25) is 4.34 Å². The molecule has 0 aliphatic carbocycles. The van der Waals surface area contributed by atoms with E-state index < -0.39 is 0 Å². The summed E-state index contributed by atoms with van der Waals surface area (Å²) in [7, 11) is 0. The molecule has 0 aromatic carbocycles. The highest BCUT2D eigenvalue weighted by atomic mass is 35.5. The molecule has 2 fully saturated rings. The minimum Gasteiger partial charge on any atom is -0.332 e. The standard InChI is InChI=1S/C16H19ClN2O2S2/c1-3-8-18(9-11-4-5-13(17)23-11)15(21)12-10-22-16(2)7-6-14(20)19(12)16/h3-5,12H,1,6-10H2,2H3. The molecule has 124 valence electrons. The quantitative estimate of drug-likeness (QED) is 0.746. The first-order chi connectivity index (χ1) is 10.9. The summed E-state index contributed by atoms with van der Waals surface area (Å²) in [5, 5.41) is 0. The summed E-state index contributed by atoms with van der Waals surface area (Å²) >= 11 is 9.16. The first kappa shape index (κ1) is 16.9. The second kappa shape index (κ2) is 6.49. The van der Waals surface area contributed by atoms with Gasteiger partial charge in [-0.2, -0.15) is 0 Å². The highest BCUT2D eigenvalue weighted by Gasteiger charge is 2.53. The van der Waals surface area contributed by atoms with Crippen molar-refractivity contribution in [1.82, 2.24) is 9.80 Å². The van der Waals surface area contributed by atoms with Gasteiger partial charge < -0.3 is 9.80 Å². The summed E-state index contributed by atoms with van der Waals surface area (Å²) in [6.45, 7) is 6.78. The van der Waals surface area contributed by atoms with E-state index in [1.807, 2.05) is 12.1 Å². The molecule has 4 nitrogen and oxygen atoms in total. The number of hydrogen-bond acceptors (Lipinski definition) is 4. The molecule has 2 saturated heterocycles. The summed E-state index contributed by atoms with van der Waals surface area (Å²) < 4.78 is 0.713. The normalized spacial score (nSPS) is 26.4. The van der Waals surface area contributed by atoms with Crippen LogP contribution in [0.5, 0.6) is 0 Å². The fourth-order valence-corrected chi connectivity index (χ4v) is 5.75.